The minimum absolute atomic E-state index is 0.0405. The van der Waals surface area contributed by atoms with Gasteiger partial charge in [0.25, 0.3) is 5.56 Å². The van der Waals surface area contributed by atoms with Crippen LogP contribution in [0.5, 0.6) is 0 Å². The molecule has 1 aromatic carbocycles. The van der Waals surface area contributed by atoms with Crippen LogP contribution in [0, 0.1) is 0 Å². The van der Waals surface area contributed by atoms with Gasteiger partial charge >= 0.3 is 6.18 Å². The van der Waals surface area contributed by atoms with Gasteiger partial charge in [-0.1, -0.05) is 18.2 Å². The molecule has 0 aliphatic rings. The number of halogens is 3. The Morgan fingerprint density at radius 2 is 1.83 bits per heavy atom. The van der Waals surface area contributed by atoms with Crippen LogP contribution in [0.15, 0.2) is 59.7 Å². The number of pyridine rings is 1. The van der Waals surface area contributed by atoms with Gasteiger partial charge in [-0.15, -0.1) is 0 Å². The summed E-state index contributed by atoms with van der Waals surface area (Å²) >= 11 is 0. The Hall–Kier alpha value is -2.96. The van der Waals surface area contributed by atoms with Gasteiger partial charge in [-0.05, 0) is 23.8 Å². The molecule has 1 N–H and O–H groups in total. The summed E-state index contributed by atoms with van der Waals surface area (Å²) in [6.45, 7) is 0. The fraction of sp³-hybridized carbons (Fsp3) is 0.0625. The number of benzene rings is 1. The van der Waals surface area contributed by atoms with E-state index in [9.17, 15) is 18.0 Å². The van der Waals surface area contributed by atoms with Gasteiger partial charge in [-0.2, -0.15) is 18.3 Å². The first-order chi connectivity index (χ1) is 10.9. The second-order valence-corrected chi connectivity index (χ2v) is 4.81. The Bertz CT molecular complexity index is 869. The Kier molecular flexibility index (Phi) is 3.69. The first-order valence-electron chi connectivity index (χ1n) is 6.63. The van der Waals surface area contributed by atoms with E-state index in [-0.39, 0.29) is 16.8 Å². The quantitative estimate of drug-likeness (QED) is 0.787. The highest BCUT2D eigenvalue weighted by Crippen LogP contribution is 2.38. The molecule has 0 aliphatic carbocycles. The van der Waals surface area contributed by atoms with Crippen LogP contribution in [0.25, 0.3) is 22.4 Å². The van der Waals surface area contributed by atoms with E-state index in [1.54, 1.807) is 12.1 Å². The van der Waals surface area contributed by atoms with E-state index in [0.29, 0.717) is 5.56 Å². The van der Waals surface area contributed by atoms with Crippen LogP contribution in [0.3, 0.4) is 0 Å². The van der Waals surface area contributed by atoms with E-state index >= 15 is 0 Å². The molecule has 0 fully saturated rings. The molecule has 0 bridgehead atoms. The maximum atomic E-state index is 13.4. The van der Waals surface area contributed by atoms with Gasteiger partial charge in [0.15, 0.2) is 0 Å². The van der Waals surface area contributed by atoms with Gasteiger partial charge in [-0.3, -0.25) is 9.78 Å². The lowest BCUT2D eigenvalue weighted by molar-refractivity contribution is -0.137. The van der Waals surface area contributed by atoms with Gasteiger partial charge < -0.3 is 0 Å². The zero-order valence-electron chi connectivity index (χ0n) is 11.6. The third-order valence-corrected chi connectivity index (χ3v) is 3.27. The average molecular weight is 317 g/mol. The molecular weight excluding hydrogens is 307 g/mol. The van der Waals surface area contributed by atoms with E-state index in [2.05, 4.69) is 15.2 Å². The first kappa shape index (κ1) is 15.0. The molecule has 4 nitrogen and oxygen atoms in total. The largest absolute Gasteiger partial charge is 0.417 e. The highest BCUT2D eigenvalue weighted by atomic mass is 19.4. The van der Waals surface area contributed by atoms with Crippen LogP contribution in [0.1, 0.15) is 5.56 Å². The normalized spacial score (nSPS) is 11.4. The zero-order chi connectivity index (χ0) is 16.4. The fourth-order valence-corrected chi connectivity index (χ4v) is 2.22. The Morgan fingerprint density at radius 3 is 2.43 bits per heavy atom. The number of nitrogens with one attached hydrogen (secondary N) is 1. The van der Waals surface area contributed by atoms with Crippen molar-refractivity contribution in [1.82, 2.24) is 15.2 Å². The molecule has 2 heterocycles. The Labute approximate surface area is 128 Å². The molecule has 23 heavy (non-hydrogen) atoms. The molecule has 0 aliphatic heterocycles. The van der Waals surface area contributed by atoms with E-state index in [1.165, 1.54) is 36.7 Å². The third kappa shape index (κ3) is 3.13. The molecule has 3 rings (SSSR count). The van der Waals surface area contributed by atoms with Gasteiger partial charge in [0.05, 0.1) is 11.3 Å². The monoisotopic (exact) mass is 317 g/mol. The predicted molar refractivity (Wildman–Crippen MR) is 78.5 cm³/mol. The summed E-state index contributed by atoms with van der Waals surface area (Å²) in [5.74, 6) is 0. The molecule has 0 saturated heterocycles. The van der Waals surface area contributed by atoms with E-state index in [0.717, 1.165) is 6.07 Å². The van der Waals surface area contributed by atoms with Gasteiger partial charge in [0.1, 0.15) is 0 Å². The third-order valence-electron chi connectivity index (χ3n) is 3.27. The van der Waals surface area contributed by atoms with Crippen molar-refractivity contribution in [2.75, 3.05) is 0 Å². The number of nitrogens with zero attached hydrogens (tertiary/aromatic N) is 2. The summed E-state index contributed by atoms with van der Waals surface area (Å²) in [7, 11) is 0. The van der Waals surface area contributed by atoms with Crippen molar-refractivity contribution in [1.29, 1.82) is 0 Å². The summed E-state index contributed by atoms with van der Waals surface area (Å²) in [6, 6.07) is 9.65. The van der Waals surface area contributed by atoms with Crippen LogP contribution < -0.4 is 5.56 Å². The van der Waals surface area contributed by atoms with Crippen LogP contribution in [0.2, 0.25) is 0 Å². The van der Waals surface area contributed by atoms with Crippen molar-refractivity contribution in [2.24, 2.45) is 0 Å². The maximum absolute atomic E-state index is 13.4. The lowest BCUT2D eigenvalue weighted by Gasteiger charge is -2.14. The number of hydrogen-bond acceptors (Lipinski definition) is 3. The first-order valence-corrected chi connectivity index (χ1v) is 6.63. The second-order valence-electron chi connectivity index (χ2n) is 4.81. The van der Waals surface area contributed by atoms with Gasteiger partial charge in [0, 0.05) is 29.6 Å². The van der Waals surface area contributed by atoms with Crippen LogP contribution in [-0.4, -0.2) is 15.2 Å². The number of aromatic nitrogens is 3. The number of hydrogen-bond donors (Lipinski definition) is 1. The van der Waals surface area contributed by atoms with Crippen LogP contribution in [-0.2, 0) is 6.18 Å². The Morgan fingerprint density at radius 1 is 1.00 bits per heavy atom. The molecule has 116 valence electrons. The smallest absolute Gasteiger partial charge is 0.268 e. The second kappa shape index (κ2) is 5.68. The zero-order valence-corrected chi connectivity index (χ0v) is 11.6. The number of aromatic amines is 1. The summed E-state index contributed by atoms with van der Waals surface area (Å²) < 4.78 is 40.2. The standard InChI is InChI=1S/C16H10F3N3O/c17-16(18,19)13-8-10(14-5-6-15(23)22-21-14)3-4-12(13)11-2-1-7-20-9-11/h1-9H,(H,22,23). The highest BCUT2D eigenvalue weighted by molar-refractivity contribution is 5.72. The van der Waals surface area contributed by atoms with Crippen molar-refractivity contribution in [3.63, 3.8) is 0 Å². The lowest BCUT2D eigenvalue weighted by atomic mass is 9.97. The SMILES string of the molecule is O=c1ccc(-c2ccc(-c3cccnc3)c(C(F)(F)F)c2)n[nH]1. The molecule has 0 unspecified atom stereocenters. The lowest BCUT2D eigenvalue weighted by Crippen LogP contribution is -2.09. The molecule has 0 atom stereocenters. The minimum Gasteiger partial charge on any atom is -0.268 e. The molecule has 3 aromatic rings. The minimum atomic E-state index is -4.52. The molecule has 0 spiro atoms. The number of H-pyrrole nitrogens is 1. The van der Waals surface area contributed by atoms with E-state index in [1.807, 2.05) is 0 Å². The number of rotatable bonds is 2. The molecular formula is C16H10F3N3O. The van der Waals surface area contributed by atoms with Crippen LogP contribution in [0.4, 0.5) is 13.2 Å². The maximum Gasteiger partial charge on any atom is 0.417 e. The summed E-state index contributed by atoms with van der Waals surface area (Å²) in [6.07, 6.45) is -1.65. The van der Waals surface area contributed by atoms with Crippen molar-refractivity contribution in [2.45, 2.75) is 6.18 Å². The fourth-order valence-electron chi connectivity index (χ4n) is 2.22. The van der Waals surface area contributed by atoms with Crippen LogP contribution >= 0.6 is 0 Å². The summed E-state index contributed by atoms with van der Waals surface area (Å²) in [4.78, 5) is 14.9. The van der Waals surface area contributed by atoms with E-state index in [4.69, 9.17) is 0 Å². The molecule has 0 radical (unpaired) electrons. The molecule has 7 heteroatoms. The summed E-state index contributed by atoms with van der Waals surface area (Å²) in [5, 5.41) is 5.96. The molecule has 2 aromatic heterocycles. The van der Waals surface area contributed by atoms with Crippen molar-refractivity contribution < 1.29 is 13.2 Å². The highest BCUT2D eigenvalue weighted by Gasteiger charge is 2.34. The van der Waals surface area contributed by atoms with E-state index < -0.39 is 17.3 Å². The van der Waals surface area contributed by atoms with Crippen molar-refractivity contribution in [3.05, 3.63) is 70.8 Å². The Balaban J connectivity index is 2.17. The van der Waals surface area contributed by atoms with Gasteiger partial charge in [0.2, 0.25) is 0 Å². The topological polar surface area (TPSA) is 58.6 Å². The number of alkyl halides is 3. The van der Waals surface area contributed by atoms with Gasteiger partial charge in [-0.25, -0.2) is 5.10 Å². The summed E-state index contributed by atoms with van der Waals surface area (Å²) in [5.41, 5.74) is -0.263. The average Bonchev–Trinajstić information content (AvgIpc) is 2.55. The van der Waals surface area contributed by atoms with Crippen molar-refractivity contribution in [3.8, 4) is 22.4 Å². The molecule has 0 amide bonds. The predicted octanol–water partition coefficient (Wildman–Crippen LogP) is 3.52. The van der Waals surface area contributed by atoms with Crippen molar-refractivity contribution >= 4 is 0 Å². The molecule has 0 saturated carbocycles.